The Morgan fingerprint density at radius 2 is 1.33 bits per heavy atom. The number of nitrogens with zero attached hydrogens (tertiary/aromatic N) is 2. The molecule has 0 atom stereocenters. The maximum absolute atomic E-state index is 3.63. The van der Waals surface area contributed by atoms with E-state index in [1.807, 2.05) is 24.3 Å². The molecule has 6 aromatic carbocycles. The molecule has 2 aliphatic heterocycles. The summed E-state index contributed by atoms with van der Waals surface area (Å²) >= 11 is 0. The number of fused-ring (bicyclic) bond motifs is 5. The van der Waals surface area contributed by atoms with Crippen LogP contribution in [-0.4, -0.2) is 19.4 Å². The summed E-state index contributed by atoms with van der Waals surface area (Å²) in [7, 11) is -1.72. The van der Waals surface area contributed by atoms with E-state index in [2.05, 4.69) is 171 Å². The fraction of sp³-hybridized carbons (Fsp3) is 0.140. The predicted molar refractivity (Wildman–Crippen MR) is 198 cm³/mol. The van der Waals surface area contributed by atoms with Gasteiger partial charge in [-0.3, -0.25) is 4.57 Å². The maximum Gasteiger partial charge on any atom is 4.00 e. The standard InChI is InChI=1S/C23H21BSi.C20H15N2.Pt/c1-23(2)16-10-5-6-12-18(16)24-19-13-7-8-14-20(19)25(3,4)21-15-9-11-17(23)22(21)24;1-16-11-13-18(14-12-16)22-15-21(17-7-3-2-4-8-17)19-9-5-6-10-20(19)22;/h5-11,14-15H,1-4H3;2-7,9-14H,1H3;/q-2;-1;+4. The van der Waals surface area contributed by atoms with Crippen LogP contribution in [0.5, 0.6) is 0 Å². The normalized spacial score (nSPS) is 14.5. The number of para-hydroxylation sites is 3. The summed E-state index contributed by atoms with van der Waals surface area (Å²) in [4.78, 5) is 0. The molecule has 0 saturated carbocycles. The molecule has 1 aromatic heterocycles. The summed E-state index contributed by atoms with van der Waals surface area (Å²) in [6.07, 6.45) is 3.44. The molecule has 5 heteroatoms. The van der Waals surface area contributed by atoms with E-state index in [1.165, 1.54) is 32.8 Å². The molecule has 2 nitrogen and oxygen atoms in total. The third-order valence-corrected chi connectivity index (χ3v) is 13.8. The Balaban J connectivity index is 0.000000150. The van der Waals surface area contributed by atoms with Crippen molar-refractivity contribution in [2.75, 3.05) is 0 Å². The number of aromatic nitrogens is 2. The van der Waals surface area contributed by atoms with Crippen LogP contribution in [0.2, 0.25) is 13.1 Å². The van der Waals surface area contributed by atoms with E-state index in [0.29, 0.717) is 0 Å². The summed E-state index contributed by atoms with van der Waals surface area (Å²) in [5, 5.41) is 3.13. The summed E-state index contributed by atoms with van der Waals surface area (Å²) in [6.45, 7) is 12.1. The smallest absolute Gasteiger partial charge is 0.315 e. The predicted octanol–water partition coefficient (Wildman–Crippen LogP) is 5.39. The molecule has 3 heterocycles. The molecule has 0 fully saturated rings. The second kappa shape index (κ2) is 12.3. The van der Waals surface area contributed by atoms with Gasteiger partial charge in [0.15, 0.2) is 6.71 Å². The Bertz CT molecular complexity index is 2190. The number of aryl methyl sites for hydroxylation is 1. The molecule has 0 amide bonds. The minimum absolute atomic E-state index is 0. The van der Waals surface area contributed by atoms with Crippen molar-refractivity contribution in [3.8, 4) is 11.4 Å². The zero-order valence-electron chi connectivity index (χ0n) is 27.9. The Kier molecular flexibility index (Phi) is 8.30. The molecule has 0 bridgehead atoms. The van der Waals surface area contributed by atoms with Gasteiger partial charge in [-0.15, -0.1) is 0 Å². The first-order valence-electron chi connectivity index (χ1n) is 16.4. The first-order chi connectivity index (χ1) is 22.8. The molecular weight excluding hydrogens is 778 g/mol. The largest absolute Gasteiger partial charge is 4.00 e. The molecule has 0 N–H and O–H groups in total. The van der Waals surface area contributed by atoms with Crippen molar-refractivity contribution >= 4 is 52.6 Å². The summed E-state index contributed by atoms with van der Waals surface area (Å²) in [6, 6.07) is 55.4. The number of rotatable bonds is 2. The molecular formula is C43H36BN2PtSi+. The molecule has 0 saturated heterocycles. The average Bonchev–Trinajstić information content (AvgIpc) is 3.49. The number of hydrogen-bond donors (Lipinski definition) is 0. The quantitative estimate of drug-likeness (QED) is 0.126. The summed E-state index contributed by atoms with van der Waals surface area (Å²) in [5.41, 5.74) is 12.8. The molecule has 48 heavy (non-hydrogen) atoms. The van der Waals surface area contributed by atoms with Crippen molar-refractivity contribution < 1.29 is 25.6 Å². The van der Waals surface area contributed by atoms with Gasteiger partial charge >= 0.3 is 21.1 Å². The van der Waals surface area contributed by atoms with Gasteiger partial charge in [0.1, 0.15) is 0 Å². The van der Waals surface area contributed by atoms with Crippen molar-refractivity contribution in [3.05, 3.63) is 169 Å². The summed E-state index contributed by atoms with van der Waals surface area (Å²) in [5.74, 6) is 0. The number of imidazole rings is 1. The van der Waals surface area contributed by atoms with Crippen LogP contribution in [0.1, 0.15) is 30.5 Å². The van der Waals surface area contributed by atoms with Crippen molar-refractivity contribution in [1.82, 2.24) is 4.57 Å². The first kappa shape index (κ1) is 32.3. The summed E-state index contributed by atoms with van der Waals surface area (Å²) < 4.78 is 4.14. The Morgan fingerprint density at radius 3 is 2.10 bits per heavy atom. The Labute approximate surface area is 300 Å². The monoisotopic (exact) mass is 814 g/mol. The van der Waals surface area contributed by atoms with Crippen molar-refractivity contribution in [2.45, 2.75) is 39.3 Å². The third kappa shape index (κ3) is 5.09. The van der Waals surface area contributed by atoms with Gasteiger partial charge < -0.3 is 4.57 Å². The molecule has 0 radical (unpaired) electrons. The van der Waals surface area contributed by atoms with Gasteiger partial charge in [-0.25, -0.2) is 0 Å². The van der Waals surface area contributed by atoms with Crippen LogP contribution in [0.15, 0.2) is 127 Å². The van der Waals surface area contributed by atoms with Gasteiger partial charge in [0.2, 0.25) is 0 Å². The van der Waals surface area contributed by atoms with E-state index < -0.39 is 8.07 Å². The van der Waals surface area contributed by atoms with Gasteiger partial charge in [0, 0.05) is 0 Å². The van der Waals surface area contributed by atoms with Gasteiger partial charge in [-0.2, -0.15) is 101 Å². The van der Waals surface area contributed by atoms with Gasteiger partial charge in [0.05, 0.1) is 24.8 Å². The van der Waals surface area contributed by atoms with E-state index in [0.717, 1.165) is 22.4 Å². The molecule has 2 aliphatic rings. The molecule has 0 aliphatic carbocycles. The SMILES string of the molecule is CC1(C)c2ccc[c-]c2B2c3[c-]cccc3[Si](C)(C)c3cccc1c32.Cc1ccc(-[n+]2[c-]n(-c3[c-]cccc3)c3ccccc32)cc1.[Pt+4]. The molecule has 0 spiro atoms. The van der Waals surface area contributed by atoms with Crippen LogP contribution in [-0.2, 0) is 26.5 Å². The van der Waals surface area contributed by atoms with Crippen LogP contribution in [0.3, 0.4) is 0 Å². The van der Waals surface area contributed by atoms with E-state index in [-0.39, 0.29) is 33.2 Å². The molecule has 9 rings (SSSR count). The van der Waals surface area contributed by atoms with E-state index in [4.69, 9.17) is 0 Å². The van der Waals surface area contributed by atoms with Crippen LogP contribution in [0.25, 0.3) is 22.4 Å². The van der Waals surface area contributed by atoms with Crippen LogP contribution < -0.4 is 31.3 Å². The van der Waals surface area contributed by atoms with Gasteiger partial charge in [-0.1, -0.05) is 103 Å². The van der Waals surface area contributed by atoms with Crippen LogP contribution >= 0.6 is 0 Å². The van der Waals surface area contributed by atoms with Crippen molar-refractivity contribution in [2.24, 2.45) is 0 Å². The van der Waals surface area contributed by atoms with Gasteiger partial charge in [-0.05, 0) is 30.2 Å². The second-order valence-electron chi connectivity index (χ2n) is 13.8. The molecule has 7 aromatic rings. The fourth-order valence-electron chi connectivity index (χ4n) is 7.80. The van der Waals surface area contributed by atoms with Crippen molar-refractivity contribution in [1.29, 1.82) is 0 Å². The van der Waals surface area contributed by atoms with Gasteiger partial charge in [0.25, 0.3) is 6.33 Å². The van der Waals surface area contributed by atoms with Crippen molar-refractivity contribution in [3.63, 3.8) is 0 Å². The zero-order valence-corrected chi connectivity index (χ0v) is 31.2. The number of hydrogen-bond acceptors (Lipinski definition) is 0. The minimum Gasteiger partial charge on any atom is -0.315 e. The van der Waals surface area contributed by atoms with Crippen LogP contribution in [0.4, 0.5) is 0 Å². The average molecular weight is 815 g/mol. The maximum atomic E-state index is 3.63. The van der Waals surface area contributed by atoms with E-state index in [1.54, 1.807) is 10.6 Å². The molecule has 0 unspecified atom stereocenters. The van der Waals surface area contributed by atoms with Crippen LogP contribution in [0, 0.1) is 31.5 Å². The van der Waals surface area contributed by atoms with E-state index >= 15 is 0 Å². The Morgan fingerprint density at radius 1 is 0.667 bits per heavy atom. The second-order valence-corrected chi connectivity index (χ2v) is 18.1. The molecule has 234 valence electrons. The first-order valence-corrected chi connectivity index (χ1v) is 19.4. The fourth-order valence-corrected chi connectivity index (χ4v) is 11.0. The van der Waals surface area contributed by atoms with E-state index in [9.17, 15) is 0 Å². The topological polar surface area (TPSA) is 8.81 Å². The minimum atomic E-state index is -1.72. The third-order valence-electron chi connectivity index (χ3n) is 10.2. The number of benzene rings is 6. The Hall–Kier alpha value is -4.24. The zero-order chi connectivity index (χ0) is 32.3.